The molecular weight excluding hydrogens is 246 g/mol. The van der Waals surface area contributed by atoms with Crippen LogP contribution in [0, 0.1) is 17.8 Å². The molecule has 1 heterocycles. The molecule has 0 aromatic carbocycles. The summed E-state index contributed by atoms with van der Waals surface area (Å²) in [5.74, 6) is 3.02. The summed E-state index contributed by atoms with van der Waals surface area (Å²) in [6.45, 7) is 0.963. The number of rotatable bonds is 5. The van der Waals surface area contributed by atoms with Gasteiger partial charge >= 0.3 is 0 Å². The Morgan fingerprint density at radius 1 is 1.20 bits per heavy atom. The molecule has 4 N–H and O–H groups in total. The van der Waals surface area contributed by atoms with Crippen LogP contribution in [0.15, 0.2) is 18.3 Å². The largest absolute Gasteiger partial charge is 0.365 e. The van der Waals surface area contributed by atoms with Gasteiger partial charge in [-0.1, -0.05) is 0 Å². The van der Waals surface area contributed by atoms with Crippen molar-refractivity contribution in [2.45, 2.75) is 56.5 Å². The lowest BCUT2D eigenvalue weighted by atomic mass is 9.53. The van der Waals surface area contributed by atoms with E-state index in [9.17, 15) is 0 Å². The number of hydrogen-bond acceptors (Lipinski definition) is 2. The van der Waals surface area contributed by atoms with E-state index in [4.69, 9.17) is 5.73 Å². The Morgan fingerprint density at radius 3 is 2.40 bits per heavy atom. The molecule has 1 unspecified atom stereocenters. The second-order valence-electron chi connectivity index (χ2n) is 7.74. The average Bonchev–Trinajstić information content (AvgIpc) is 2.88. The monoisotopic (exact) mass is 273 g/mol. The van der Waals surface area contributed by atoms with Crippen LogP contribution in [-0.2, 0) is 6.42 Å². The summed E-state index contributed by atoms with van der Waals surface area (Å²) in [5, 5.41) is 3.90. The average molecular weight is 273 g/mol. The molecule has 0 spiro atoms. The van der Waals surface area contributed by atoms with Crippen LogP contribution >= 0.6 is 0 Å². The fraction of sp³-hybridized carbons (Fsp3) is 0.765. The molecule has 4 saturated carbocycles. The molecule has 0 saturated heterocycles. The summed E-state index contributed by atoms with van der Waals surface area (Å²) in [5.41, 5.74) is 8.01. The van der Waals surface area contributed by atoms with Crippen LogP contribution in [0.4, 0.5) is 0 Å². The smallest absolute Gasteiger partial charge is 0.0220 e. The second-order valence-corrected chi connectivity index (χ2v) is 7.74. The van der Waals surface area contributed by atoms with Crippen LogP contribution in [0.3, 0.4) is 0 Å². The van der Waals surface area contributed by atoms with E-state index in [0.717, 1.165) is 30.7 Å². The van der Waals surface area contributed by atoms with Crippen molar-refractivity contribution in [3.63, 3.8) is 0 Å². The number of nitrogens with one attached hydrogen (secondary N) is 2. The Bertz CT molecular complexity index is 416. The normalized spacial score (nSPS) is 40.1. The van der Waals surface area contributed by atoms with E-state index in [-0.39, 0.29) is 6.04 Å². The van der Waals surface area contributed by atoms with Crippen LogP contribution in [0.2, 0.25) is 0 Å². The Morgan fingerprint density at radius 2 is 1.85 bits per heavy atom. The van der Waals surface area contributed by atoms with Gasteiger partial charge < -0.3 is 16.0 Å². The van der Waals surface area contributed by atoms with Crippen molar-refractivity contribution in [3.8, 4) is 0 Å². The van der Waals surface area contributed by atoms with Gasteiger partial charge in [0, 0.05) is 36.4 Å². The summed E-state index contributed by atoms with van der Waals surface area (Å²) < 4.78 is 0. The van der Waals surface area contributed by atoms with Crippen molar-refractivity contribution in [3.05, 3.63) is 24.0 Å². The molecule has 4 aliphatic rings. The SMILES string of the molecule is NC(CNC12CC3CC(CC(C3)C1)C2)Cc1ccc[nH]1. The molecule has 0 radical (unpaired) electrons. The molecule has 110 valence electrons. The predicted octanol–water partition coefficient (Wildman–Crippen LogP) is 2.44. The molecule has 4 bridgehead atoms. The van der Waals surface area contributed by atoms with Crippen molar-refractivity contribution in [1.29, 1.82) is 0 Å². The minimum Gasteiger partial charge on any atom is -0.365 e. The maximum atomic E-state index is 6.31. The maximum absolute atomic E-state index is 6.31. The first-order valence-electron chi connectivity index (χ1n) is 8.34. The third-order valence-corrected chi connectivity index (χ3v) is 5.92. The lowest BCUT2D eigenvalue weighted by Crippen LogP contribution is -2.60. The number of aromatic nitrogens is 1. The van der Waals surface area contributed by atoms with E-state index in [1.54, 1.807) is 0 Å². The van der Waals surface area contributed by atoms with E-state index >= 15 is 0 Å². The van der Waals surface area contributed by atoms with Gasteiger partial charge in [0.15, 0.2) is 0 Å². The standard InChI is InChI=1S/C17H27N3/c18-15(7-16-2-1-3-19-16)11-20-17-8-12-4-13(9-17)6-14(5-12)10-17/h1-3,12-15,19-20H,4-11,18H2. The van der Waals surface area contributed by atoms with E-state index in [1.165, 1.54) is 44.2 Å². The third kappa shape index (κ3) is 2.42. The zero-order valence-corrected chi connectivity index (χ0v) is 12.3. The molecule has 1 aromatic rings. The van der Waals surface area contributed by atoms with Crippen LogP contribution in [0.25, 0.3) is 0 Å². The Kier molecular flexibility index (Phi) is 3.15. The molecule has 20 heavy (non-hydrogen) atoms. The van der Waals surface area contributed by atoms with E-state index in [1.807, 2.05) is 6.20 Å². The highest BCUT2D eigenvalue weighted by molar-refractivity contribution is 5.08. The van der Waals surface area contributed by atoms with Gasteiger partial charge in [0.2, 0.25) is 0 Å². The number of hydrogen-bond donors (Lipinski definition) is 3. The summed E-state index contributed by atoms with van der Waals surface area (Å²) in [6, 6.07) is 4.40. The molecule has 3 heteroatoms. The molecule has 5 rings (SSSR count). The number of nitrogens with two attached hydrogens (primary N) is 1. The van der Waals surface area contributed by atoms with Gasteiger partial charge in [-0.2, -0.15) is 0 Å². The van der Waals surface area contributed by atoms with Gasteiger partial charge in [-0.15, -0.1) is 0 Å². The second kappa shape index (κ2) is 4.88. The predicted molar refractivity (Wildman–Crippen MR) is 81.4 cm³/mol. The van der Waals surface area contributed by atoms with Crippen molar-refractivity contribution in [1.82, 2.24) is 10.3 Å². The molecule has 4 fully saturated rings. The molecular formula is C17H27N3. The van der Waals surface area contributed by atoms with Crippen molar-refractivity contribution >= 4 is 0 Å². The molecule has 0 aliphatic heterocycles. The minimum atomic E-state index is 0.224. The highest BCUT2D eigenvalue weighted by atomic mass is 15.0. The van der Waals surface area contributed by atoms with Gasteiger partial charge in [0.05, 0.1) is 0 Å². The highest BCUT2D eigenvalue weighted by Crippen LogP contribution is 2.55. The van der Waals surface area contributed by atoms with Gasteiger partial charge in [-0.3, -0.25) is 0 Å². The van der Waals surface area contributed by atoms with Crippen molar-refractivity contribution in [2.24, 2.45) is 23.5 Å². The zero-order valence-electron chi connectivity index (χ0n) is 12.3. The summed E-state index contributed by atoms with van der Waals surface area (Å²) >= 11 is 0. The lowest BCUT2D eigenvalue weighted by molar-refractivity contribution is -0.0201. The van der Waals surface area contributed by atoms with Crippen molar-refractivity contribution in [2.75, 3.05) is 6.54 Å². The molecule has 0 amide bonds. The lowest BCUT2D eigenvalue weighted by Gasteiger charge is -2.57. The Labute approximate surface area is 121 Å². The topological polar surface area (TPSA) is 53.8 Å². The van der Waals surface area contributed by atoms with Gasteiger partial charge in [0.25, 0.3) is 0 Å². The Hall–Kier alpha value is -0.800. The van der Waals surface area contributed by atoms with E-state index in [2.05, 4.69) is 22.4 Å². The summed E-state index contributed by atoms with van der Waals surface area (Å²) in [7, 11) is 0. The Balaban J connectivity index is 1.35. The zero-order chi connectivity index (χ0) is 13.6. The summed E-state index contributed by atoms with van der Waals surface area (Å²) in [4.78, 5) is 3.25. The van der Waals surface area contributed by atoms with E-state index < -0.39 is 0 Å². The number of aromatic amines is 1. The molecule has 1 aromatic heterocycles. The first kappa shape index (κ1) is 12.9. The van der Waals surface area contributed by atoms with Gasteiger partial charge in [-0.05, 0) is 68.4 Å². The fourth-order valence-corrected chi connectivity index (χ4v) is 5.52. The molecule has 3 nitrogen and oxygen atoms in total. The van der Waals surface area contributed by atoms with Gasteiger partial charge in [0.1, 0.15) is 0 Å². The third-order valence-electron chi connectivity index (χ3n) is 5.92. The highest BCUT2D eigenvalue weighted by Gasteiger charge is 2.50. The minimum absolute atomic E-state index is 0.224. The summed E-state index contributed by atoms with van der Waals surface area (Å²) in [6.07, 6.45) is 11.7. The van der Waals surface area contributed by atoms with Crippen molar-refractivity contribution < 1.29 is 0 Å². The van der Waals surface area contributed by atoms with Crippen LogP contribution in [0.5, 0.6) is 0 Å². The first-order chi connectivity index (χ1) is 9.71. The van der Waals surface area contributed by atoms with Crippen LogP contribution in [0.1, 0.15) is 44.2 Å². The van der Waals surface area contributed by atoms with Gasteiger partial charge in [-0.25, -0.2) is 0 Å². The van der Waals surface area contributed by atoms with Crippen LogP contribution < -0.4 is 11.1 Å². The van der Waals surface area contributed by atoms with E-state index in [0.29, 0.717) is 5.54 Å². The molecule has 4 aliphatic carbocycles. The quantitative estimate of drug-likeness (QED) is 0.772. The van der Waals surface area contributed by atoms with Crippen LogP contribution in [-0.4, -0.2) is 23.1 Å². The fourth-order valence-electron chi connectivity index (χ4n) is 5.52. The maximum Gasteiger partial charge on any atom is 0.0220 e. The first-order valence-corrected chi connectivity index (χ1v) is 8.34. The number of H-pyrrole nitrogens is 1. The molecule has 1 atom stereocenters.